The second-order valence-corrected chi connectivity index (χ2v) is 12.5. The first-order valence-electron chi connectivity index (χ1n) is 9.93. The number of hydrogen-bond donors (Lipinski definition) is 0. The van der Waals surface area contributed by atoms with Crippen LogP contribution in [0.1, 0.15) is 56.2 Å². The summed E-state index contributed by atoms with van der Waals surface area (Å²) in [4.78, 5) is 0. The number of allylic oxidation sites excluding steroid dienone is 1. The second-order valence-electron chi connectivity index (χ2n) is 8.17. The maximum absolute atomic E-state index is 2.54. The Bertz CT molecular complexity index is 837. The van der Waals surface area contributed by atoms with E-state index in [4.69, 9.17) is 0 Å². The van der Waals surface area contributed by atoms with Gasteiger partial charge in [-0.15, -0.1) is 0 Å². The third kappa shape index (κ3) is 2.55. The highest BCUT2D eigenvalue weighted by atomic mass is 28.3. The number of benzene rings is 2. The van der Waals surface area contributed by atoms with Gasteiger partial charge in [0.1, 0.15) is 8.07 Å². The van der Waals surface area contributed by atoms with Gasteiger partial charge in [-0.2, -0.15) is 0 Å². The van der Waals surface area contributed by atoms with Crippen molar-refractivity contribution in [1.29, 1.82) is 0 Å². The van der Waals surface area contributed by atoms with Gasteiger partial charge in [-0.3, -0.25) is 0 Å². The van der Waals surface area contributed by atoms with E-state index >= 15 is 0 Å². The number of hydrogen-bond acceptors (Lipinski definition) is 0. The third-order valence-corrected chi connectivity index (χ3v) is 9.60. The summed E-state index contributed by atoms with van der Waals surface area (Å²) in [6.07, 6.45) is 8.70. The molecule has 0 amide bonds. The van der Waals surface area contributed by atoms with Crippen molar-refractivity contribution >= 4 is 18.5 Å². The van der Waals surface area contributed by atoms with Crippen LogP contribution in [0.3, 0.4) is 0 Å². The summed E-state index contributed by atoms with van der Waals surface area (Å²) in [5.41, 5.74) is 9.12. The maximum atomic E-state index is 2.54. The average molecular weight is 346 g/mol. The minimum absolute atomic E-state index is 1.20. The van der Waals surface area contributed by atoms with Crippen LogP contribution in [-0.2, 0) is 6.42 Å². The second kappa shape index (κ2) is 6.28. The molecule has 0 saturated carbocycles. The normalized spacial score (nSPS) is 16.8. The number of unbranched alkanes of at least 4 members (excludes halogenated alkanes) is 1. The molecular formula is C24H29Si. The molecule has 129 valence electrons. The summed E-state index contributed by atoms with van der Waals surface area (Å²) in [6, 6.07) is 14.2. The summed E-state index contributed by atoms with van der Waals surface area (Å²) >= 11 is 0. The summed E-state index contributed by atoms with van der Waals surface area (Å²) in [5, 5.41) is 3.37. The van der Waals surface area contributed by atoms with Crippen molar-refractivity contribution in [3.05, 3.63) is 65.1 Å². The van der Waals surface area contributed by atoms with E-state index in [0.29, 0.717) is 0 Å². The molecule has 1 heteroatoms. The van der Waals surface area contributed by atoms with Crippen LogP contribution in [0.4, 0.5) is 0 Å². The van der Waals surface area contributed by atoms with Gasteiger partial charge in [-0.1, -0.05) is 81.8 Å². The topological polar surface area (TPSA) is 0 Å². The zero-order valence-electron chi connectivity index (χ0n) is 16.1. The molecule has 2 bridgehead atoms. The highest BCUT2D eigenvalue weighted by Crippen LogP contribution is 2.50. The van der Waals surface area contributed by atoms with Crippen molar-refractivity contribution < 1.29 is 0 Å². The van der Waals surface area contributed by atoms with Crippen LogP contribution in [0.15, 0.2) is 42.0 Å². The van der Waals surface area contributed by atoms with Crippen LogP contribution in [0, 0.1) is 6.42 Å². The van der Waals surface area contributed by atoms with E-state index in [2.05, 4.69) is 69.8 Å². The van der Waals surface area contributed by atoms with Gasteiger partial charge in [0.25, 0.3) is 0 Å². The van der Waals surface area contributed by atoms with Gasteiger partial charge >= 0.3 is 0 Å². The molecule has 2 aromatic rings. The van der Waals surface area contributed by atoms with Gasteiger partial charge in [0.05, 0.1) is 0 Å². The number of rotatable bonds is 6. The van der Waals surface area contributed by atoms with E-state index in [0.717, 1.165) is 0 Å². The molecule has 0 atom stereocenters. The van der Waals surface area contributed by atoms with E-state index < -0.39 is 8.07 Å². The molecule has 1 radical (unpaired) electrons. The van der Waals surface area contributed by atoms with Gasteiger partial charge in [0.2, 0.25) is 0 Å². The van der Waals surface area contributed by atoms with Crippen molar-refractivity contribution in [3.63, 3.8) is 0 Å². The molecule has 0 spiro atoms. The van der Waals surface area contributed by atoms with Crippen LogP contribution in [-0.4, -0.2) is 8.07 Å². The average Bonchev–Trinajstić information content (AvgIpc) is 3.05. The first kappa shape index (κ1) is 16.8. The number of aryl methyl sites for hydroxylation is 1. The van der Waals surface area contributed by atoms with Crippen molar-refractivity contribution in [2.24, 2.45) is 0 Å². The lowest BCUT2D eigenvalue weighted by Crippen LogP contribution is -2.39. The standard InChI is InChI=1S/C24H29Si/c1-5-7-9-17-10-12-18(13-11-17)22-21-15-14-19-16-20(8-6-2)24(23(19)22)25(21,3)4/h10-16H,5-9H2,1-4H3. The van der Waals surface area contributed by atoms with Crippen molar-refractivity contribution in [2.45, 2.75) is 59.0 Å². The summed E-state index contributed by atoms with van der Waals surface area (Å²) in [6.45, 7) is 9.65. The minimum Gasteiger partial charge on any atom is -0.0654 e. The Hall–Kier alpha value is -1.60. The monoisotopic (exact) mass is 345 g/mol. The summed E-state index contributed by atoms with van der Waals surface area (Å²) < 4.78 is 0. The van der Waals surface area contributed by atoms with Crippen LogP contribution < -0.4 is 5.19 Å². The van der Waals surface area contributed by atoms with Gasteiger partial charge in [0, 0.05) is 6.42 Å². The highest BCUT2D eigenvalue weighted by molar-refractivity contribution is 7.07. The van der Waals surface area contributed by atoms with Crippen LogP contribution >= 0.6 is 0 Å². The smallest absolute Gasteiger partial charge is 0.0654 e. The lowest BCUT2D eigenvalue weighted by Gasteiger charge is -2.21. The fourth-order valence-corrected chi connectivity index (χ4v) is 8.34. The highest BCUT2D eigenvalue weighted by Gasteiger charge is 2.45. The molecule has 25 heavy (non-hydrogen) atoms. The Morgan fingerprint density at radius 2 is 1.56 bits per heavy atom. The van der Waals surface area contributed by atoms with Gasteiger partial charge < -0.3 is 0 Å². The molecule has 2 aromatic carbocycles. The minimum atomic E-state index is -1.56. The fourth-order valence-electron chi connectivity index (χ4n) is 4.78. The number of fused-ring (bicyclic) bond motifs is 1. The van der Waals surface area contributed by atoms with E-state index in [1.165, 1.54) is 48.8 Å². The molecule has 1 heterocycles. The maximum Gasteiger partial charge on any atom is 0.113 e. The van der Waals surface area contributed by atoms with Gasteiger partial charge in [0.15, 0.2) is 0 Å². The van der Waals surface area contributed by atoms with E-state index in [-0.39, 0.29) is 0 Å². The van der Waals surface area contributed by atoms with E-state index in [1.54, 1.807) is 27.1 Å². The predicted molar refractivity (Wildman–Crippen MR) is 113 cm³/mol. The van der Waals surface area contributed by atoms with Crippen LogP contribution in [0.5, 0.6) is 0 Å². The largest absolute Gasteiger partial charge is 0.113 e. The Labute approximate surface area is 154 Å². The molecule has 0 saturated heterocycles. The molecule has 1 aliphatic carbocycles. The van der Waals surface area contributed by atoms with Gasteiger partial charge in [-0.05, 0) is 57.5 Å². The molecule has 1 aliphatic heterocycles. The molecule has 0 nitrogen and oxygen atoms in total. The van der Waals surface area contributed by atoms with E-state index in [9.17, 15) is 0 Å². The fraction of sp³-hybridized carbons (Fsp3) is 0.375. The molecular weight excluding hydrogens is 316 g/mol. The van der Waals surface area contributed by atoms with Crippen LogP contribution in [0.2, 0.25) is 13.1 Å². The van der Waals surface area contributed by atoms with Gasteiger partial charge in [-0.25, -0.2) is 0 Å². The van der Waals surface area contributed by atoms with Crippen LogP contribution in [0.25, 0.3) is 16.3 Å². The third-order valence-electron chi connectivity index (χ3n) is 6.02. The lowest BCUT2D eigenvalue weighted by atomic mass is 9.96. The molecule has 0 unspecified atom stereocenters. The Balaban J connectivity index is 1.81. The Kier molecular flexibility index (Phi) is 4.23. The Morgan fingerprint density at radius 3 is 2.24 bits per heavy atom. The first-order chi connectivity index (χ1) is 12.1. The SMILES string of the molecule is CCCCc1ccc(-c2c3ccc4c2C(=C(CCC)[CH]4)[Si]3(C)C)cc1. The predicted octanol–water partition coefficient (Wildman–Crippen LogP) is 6.28. The summed E-state index contributed by atoms with van der Waals surface area (Å²) in [5.74, 6) is 0. The lowest BCUT2D eigenvalue weighted by molar-refractivity contribution is 0.795. The first-order valence-corrected chi connectivity index (χ1v) is 12.9. The van der Waals surface area contributed by atoms with Crippen molar-refractivity contribution in [1.82, 2.24) is 0 Å². The molecule has 0 N–H and O–H groups in total. The van der Waals surface area contributed by atoms with Crippen molar-refractivity contribution in [2.75, 3.05) is 0 Å². The molecule has 2 aliphatic rings. The van der Waals surface area contributed by atoms with E-state index in [1.807, 2.05) is 0 Å². The quantitative estimate of drug-likeness (QED) is 0.540. The zero-order valence-corrected chi connectivity index (χ0v) is 17.1. The van der Waals surface area contributed by atoms with Crippen molar-refractivity contribution in [3.8, 4) is 11.1 Å². The molecule has 0 fully saturated rings. The molecule has 4 rings (SSSR count). The zero-order chi connectivity index (χ0) is 17.6. The summed E-state index contributed by atoms with van der Waals surface area (Å²) in [7, 11) is -1.56. The Morgan fingerprint density at radius 1 is 0.800 bits per heavy atom. The molecule has 0 aromatic heterocycles.